The van der Waals surface area contributed by atoms with Gasteiger partial charge in [-0.3, -0.25) is 4.79 Å². The van der Waals surface area contributed by atoms with E-state index in [1.54, 1.807) is 19.2 Å². The summed E-state index contributed by atoms with van der Waals surface area (Å²) in [6.07, 6.45) is 0. The van der Waals surface area contributed by atoms with Crippen molar-refractivity contribution in [3.63, 3.8) is 0 Å². The van der Waals surface area contributed by atoms with Gasteiger partial charge in [-0.15, -0.1) is 0 Å². The van der Waals surface area contributed by atoms with E-state index >= 15 is 0 Å². The maximum absolute atomic E-state index is 11.9. The van der Waals surface area contributed by atoms with Crippen LogP contribution in [0.4, 0.5) is 0 Å². The van der Waals surface area contributed by atoms with E-state index in [0.29, 0.717) is 5.56 Å². The molecule has 0 radical (unpaired) electrons. The maximum Gasteiger partial charge on any atom is 0.252 e. The average Bonchev–Trinajstić information content (AvgIpc) is 2.52. The van der Waals surface area contributed by atoms with Gasteiger partial charge >= 0.3 is 0 Å². The van der Waals surface area contributed by atoms with Gasteiger partial charge in [-0.1, -0.05) is 39.9 Å². The van der Waals surface area contributed by atoms with E-state index in [4.69, 9.17) is 4.74 Å². The number of hydrogen-bond donors (Lipinski definition) is 1. The third-order valence-electron chi connectivity index (χ3n) is 2.77. The molecule has 106 valence electrons. The molecule has 2 aromatic rings. The Hall–Kier alpha value is -2.25. The van der Waals surface area contributed by atoms with Gasteiger partial charge in [0.25, 0.3) is 5.91 Å². The molecule has 0 fully saturated rings. The molecule has 3 nitrogen and oxygen atoms in total. The lowest BCUT2D eigenvalue weighted by Crippen LogP contribution is -2.23. The zero-order valence-corrected chi connectivity index (χ0v) is 13.1. The monoisotopic (exact) mass is 343 g/mol. The molecule has 1 N–H and O–H groups in total. The molecule has 0 aromatic heterocycles. The first-order valence-corrected chi connectivity index (χ1v) is 7.15. The zero-order valence-electron chi connectivity index (χ0n) is 11.5. The first kappa shape index (κ1) is 15.1. The number of amides is 1. The molecule has 0 saturated heterocycles. The normalized spacial score (nSPS) is 9.43. The SMILES string of the molecule is COc1ccccc1C#CCNC(=O)c1ccc(Br)cc1. The molecular weight excluding hydrogens is 330 g/mol. The van der Waals surface area contributed by atoms with Crippen LogP contribution in [0.15, 0.2) is 53.0 Å². The Kier molecular flexibility index (Phi) is 5.42. The van der Waals surface area contributed by atoms with Gasteiger partial charge in [-0.2, -0.15) is 0 Å². The van der Waals surface area contributed by atoms with Crippen LogP contribution in [-0.2, 0) is 0 Å². The molecule has 2 aromatic carbocycles. The van der Waals surface area contributed by atoms with E-state index in [2.05, 4.69) is 33.1 Å². The summed E-state index contributed by atoms with van der Waals surface area (Å²) in [6, 6.07) is 14.7. The summed E-state index contributed by atoms with van der Waals surface area (Å²) in [5.41, 5.74) is 1.41. The second-order valence-electron chi connectivity index (χ2n) is 4.19. The minimum Gasteiger partial charge on any atom is -0.495 e. The third kappa shape index (κ3) is 4.37. The van der Waals surface area contributed by atoms with Crippen molar-refractivity contribution in [1.29, 1.82) is 0 Å². The number of ether oxygens (including phenoxy) is 1. The molecule has 2 rings (SSSR count). The van der Waals surface area contributed by atoms with Crippen LogP contribution in [0.1, 0.15) is 15.9 Å². The summed E-state index contributed by atoms with van der Waals surface area (Å²) < 4.78 is 6.15. The highest BCUT2D eigenvalue weighted by molar-refractivity contribution is 9.10. The molecule has 0 spiro atoms. The Morgan fingerprint density at radius 2 is 1.90 bits per heavy atom. The number of carbonyl (C=O) groups excluding carboxylic acids is 1. The van der Waals surface area contributed by atoms with Crippen molar-refractivity contribution in [2.45, 2.75) is 0 Å². The minimum absolute atomic E-state index is 0.142. The molecule has 21 heavy (non-hydrogen) atoms. The Bertz CT molecular complexity index is 684. The Morgan fingerprint density at radius 1 is 1.19 bits per heavy atom. The van der Waals surface area contributed by atoms with Crippen molar-refractivity contribution >= 4 is 21.8 Å². The van der Waals surface area contributed by atoms with Crippen LogP contribution in [-0.4, -0.2) is 19.6 Å². The quantitative estimate of drug-likeness (QED) is 0.869. The van der Waals surface area contributed by atoms with Crippen molar-refractivity contribution < 1.29 is 9.53 Å². The number of halogens is 1. The van der Waals surface area contributed by atoms with Crippen molar-refractivity contribution in [3.05, 3.63) is 64.1 Å². The second kappa shape index (κ2) is 7.51. The molecule has 0 atom stereocenters. The minimum atomic E-state index is -0.142. The highest BCUT2D eigenvalue weighted by Gasteiger charge is 2.02. The molecule has 0 aliphatic rings. The lowest BCUT2D eigenvalue weighted by Gasteiger charge is -2.02. The van der Waals surface area contributed by atoms with Crippen molar-refractivity contribution in [2.75, 3.05) is 13.7 Å². The number of rotatable bonds is 3. The average molecular weight is 344 g/mol. The van der Waals surface area contributed by atoms with E-state index in [-0.39, 0.29) is 12.5 Å². The van der Waals surface area contributed by atoms with Crippen molar-refractivity contribution in [2.24, 2.45) is 0 Å². The topological polar surface area (TPSA) is 38.3 Å². The first-order valence-electron chi connectivity index (χ1n) is 6.36. The van der Waals surface area contributed by atoms with Crippen LogP contribution >= 0.6 is 15.9 Å². The molecule has 4 heteroatoms. The molecular formula is C17H14BrNO2. The third-order valence-corrected chi connectivity index (χ3v) is 3.30. The van der Waals surface area contributed by atoms with Gasteiger partial charge in [0.15, 0.2) is 0 Å². The van der Waals surface area contributed by atoms with Gasteiger partial charge in [0.05, 0.1) is 19.2 Å². The molecule has 0 unspecified atom stereocenters. The number of benzene rings is 2. The highest BCUT2D eigenvalue weighted by atomic mass is 79.9. The van der Waals surface area contributed by atoms with Crippen LogP contribution < -0.4 is 10.1 Å². The molecule has 0 aliphatic heterocycles. The Morgan fingerprint density at radius 3 is 2.62 bits per heavy atom. The van der Waals surface area contributed by atoms with E-state index in [1.165, 1.54) is 0 Å². The maximum atomic E-state index is 11.9. The standard InChI is InChI=1S/C17H14BrNO2/c1-21-16-7-3-2-5-13(16)6-4-12-19-17(20)14-8-10-15(18)11-9-14/h2-3,5,7-11H,12H2,1H3,(H,19,20). The van der Waals surface area contributed by atoms with Crippen molar-refractivity contribution in [3.8, 4) is 17.6 Å². The van der Waals surface area contributed by atoms with E-state index in [0.717, 1.165) is 15.8 Å². The number of nitrogens with one attached hydrogen (secondary N) is 1. The molecule has 1 amide bonds. The summed E-state index contributed by atoms with van der Waals surface area (Å²) in [7, 11) is 1.61. The number of para-hydroxylation sites is 1. The van der Waals surface area contributed by atoms with Gasteiger partial charge in [0, 0.05) is 10.0 Å². The van der Waals surface area contributed by atoms with Crippen molar-refractivity contribution in [1.82, 2.24) is 5.32 Å². The van der Waals surface area contributed by atoms with Crippen LogP contribution in [0.5, 0.6) is 5.75 Å². The molecule has 0 saturated carbocycles. The van der Waals surface area contributed by atoms with E-state index in [9.17, 15) is 4.79 Å². The van der Waals surface area contributed by atoms with Crippen LogP contribution in [0, 0.1) is 11.8 Å². The number of carbonyl (C=O) groups is 1. The molecule has 0 heterocycles. The van der Waals surface area contributed by atoms with Gasteiger partial charge in [-0.05, 0) is 36.4 Å². The van der Waals surface area contributed by atoms with Crippen LogP contribution in [0.25, 0.3) is 0 Å². The zero-order chi connectivity index (χ0) is 15.1. The van der Waals surface area contributed by atoms with Gasteiger partial charge < -0.3 is 10.1 Å². The van der Waals surface area contributed by atoms with Gasteiger partial charge in [-0.25, -0.2) is 0 Å². The molecule has 0 bridgehead atoms. The van der Waals surface area contributed by atoms with Gasteiger partial charge in [0.1, 0.15) is 5.75 Å². The fraction of sp³-hybridized carbons (Fsp3) is 0.118. The highest BCUT2D eigenvalue weighted by Crippen LogP contribution is 2.15. The predicted octanol–water partition coefficient (Wildman–Crippen LogP) is 3.24. The largest absolute Gasteiger partial charge is 0.495 e. The Labute approximate surface area is 132 Å². The lowest BCUT2D eigenvalue weighted by atomic mass is 10.2. The van der Waals surface area contributed by atoms with Crippen LogP contribution in [0.2, 0.25) is 0 Å². The second-order valence-corrected chi connectivity index (χ2v) is 5.11. The fourth-order valence-electron chi connectivity index (χ4n) is 1.72. The summed E-state index contributed by atoms with van der Waals surface area (Å²) in [5, 5.41) is 2.76. The smallest absolute Gasteiger partial charge is 0.252 e. The predicted molar refractivity (Wildman–Crippen MR) is 86.3 cm³/mol. The summed E-state index contributed by atoms with van der Waals surface area (Å²) >= 11 is 3.33. The number of hydrogen-bond acceptors (Lipinski definition) is 2. The molecule has 0 aliphatic carbocycles. The summed E-state index contributed by atoms with van der Waals surface area (Å²) in [6.45, 7) is 0.285. The summed E-state index contributed by atoms with van der Waals surface area (Å²) in [4.78, 5) is 11.9. The van der Waals surface area contributed by atoms with Crippen LogP contribution in [0.3, 0.4) is 0 Å². The number of methoxy groups -OCH3 is 1. The first-order chi connectivity index (χ1) is 10.2. The van der Waals surface area contributed by atoms with Gasteiger partial charge in [0.2, 0.25) is 0 Å². The fourth-order valence-corrected chi connectivity index (χ4v) is 1.98. The summed E-state index contributed by atoms with van der Waals surface area (Å²) in [5.74, 6) is 6.48. The lowest BCUT2D eigenvalue weighted by molar-refractivity contribution is 0.0958. The van der Waals surface area contributed by atoms with E-state index in [1.807, 2.05) is 36.4 Å². The Balaban J connectivity index is 1.94. The van der Waals surface area contributed by atoms with E-state index < -0.39 is 0 Å².